The zero-order valence-electron chi connectivity index (χ0n) is 9.59. The van der Waals surface area contributed by atoms with E-state index in [0.29, 0.717) is 16.9 Å². The molecule has 1 aliphatic rings. The van der Waals surface area contributed by atoms with Crippen LogP contribution in [0.1, 0.15) is 33.6 Å². The number of carboxylic acids is 1. The van der Waals surface area contributed by atoms with Crippen molar-refractivity contribution in [3.63, 3.8) is 0 Å². The number of hydrogen-bond donors (Lipinski definition) is 1. The van der Waals surface area contributed by atoms with Gasteiger partial charge >= 0.3 is 5.97 Å². The van der Waals surface area contributed by atoms with E-state index in [1.807, 2.05) is 0 Å². The van der Waals surface area contributed by atoms with Gasteiger partial charge in [0.15, 0.2) is 11.6 Å². The van der Waals surface area contributed by atoms with Gasteiger partial charge < -0.3 is 5.11 Å². The Hall–Kier alpha value is -1.62. The van der Waals surface area contributed by atoms with Gasteiger partial charge in [0.25, 0.3) is 0 Å². The maximum absolute atomic E-state index is 12.1. The molecule has 0 bridgehead atoms. The summed E-state index contributed by atoms with van der Waals surface area (Å²) < 4.78 is 0. The van der Waals surface area contributed by atoms with E-state index in [1.165, 1.54) is 11.8 Å². The number of carboxylic acid groups (broad SMARTS) is 1. The maximum atomic E-state index is 12.1. The number of rotatable bonds is 4. The molecule has 1 aromatic carbocycles. The molecule has 0 aromatic heterocycles. The molecule has 0 spiro atoms. The fourth-order valence-corrected chi connectivity index (χ4v) is 3.03. The molecule has 1 N–H and O–H groups in total. The van der Waals surface area contributed by atoms with Gasteiger partial charge in [-0.1, -0.05) is 24.3 Å². The Morgan fingerprint density at radius 3 is 2.61 bits per heavy atom. The summed E-state index contributed by atoms with van der Waals surface area (Å²) in [7, 11) is 0. The Morgan fingerprint density at radius 1 is 1.28 bits per heavy atom. The first-order chi connectivity index (χ1) is 8.59. The third-order valence-corrected chi connectivity index (χ3v) is 4.01. The predicted octanol–water partition coefficient (Wildman–Crippen LogP) is 2.03. The van der Waals surface area contributed by atoms with Crippen LogP contribution in [0.5, 0.6) is 0 Å². The zero-order chi connectivity index (χ0) is 13.1. The first-order valence-electron chi connectivity index (χ1n) is 5.59. The predicted molar refractivity (Wildman–Crippen MR) is 68.2 cm³/mol. The number of Topliss-reactive ketones (excluding diaryl/α,β-unsaturated/α-hetero) is 2. The fourth-order valence-electron chi connectivity index (χ4n) is 1.91. The van der Waals surface area contributed by atoms with Crippen LogP contribution in [0, 0.1) is 0 Å². The van der Waals surface area contributed by atoms with Crippen LogP contribution in [0.2, 0.25) is 0 Å². The number of thioether (sulfide) groups is 1. The minimum absolute atomic E-state index is 0.00425. The molecule has 0 heterocycles. The fraction of sp³-hybridized carbons (Fsp3) is 0.308. The lowest BCUT2D eigenvalue weighted by atomic mass is 9.89. The van der Waals surface area contributed by atoms with Crippen LogP contribution in [0.3, 0.4) is 0 Å². The number of fused-ring (bicyclic) bond motifs is 1. The van der Waals surface area contributed by atoms with Crippen molar-refractivity contribution in [2.75, 3.05) is 5.75 Å². The van der Waals surface area contributed by atoms with Crippen molar-refractivity contribution in [2.24, 2.45) is 0 Å². The maximum Gasteiger partial charge on any atom is 0.304 e. The Bertz CT molecular complexity index is 509. The van der Waals surface area contributed by atoms with Crippen LogP contribution in [0.15, 0.2) is 24.3 Å². The van der Waals surface area contributed by atoms with Crippen LogP contribution in [0.4, 0.5) is 0 Å². The normalized spacial score (nSPS) is 18.6. The summed E-state index contributed by atoms with van der Waals surface area (Å²) in [6.45, 7) is 0. The standard InChI is InChI=1S/C13H12O4S/c14-10-7-11(18-6-5-12(15)16)13(17)9-4-2-1-3-8(9)10/h1-4,11H,5-7H2,(H,15,16). The highest BCUT2D eigenvalue weighted by atomic mass is 32.2. The SMILES string of the molecule is O=C(O)CCSC1CC(=O)c2ccccc2C1=O. The van der Waals surface area contributed by atoms with Gasteiger partial charge in [-0.2, -0.15) is 0 Å². The molecular formula is C13H12O4S. The number of carbonyl (C=O) groups excluding carboxylic acids is 2. The van der Waals surface area contributed by atoms with E-state index < -0.39 is 11.2 Å². The highest BCUT2D eigenvalue weighted by molar-refractivity contribution is 8.00. The van der Waals surface area contributed by atoms with Crippen molar-refractivity contribution in [1.29, 1.82) is 0 Å². The van der Waals surface area contributed by atoms with Gasteiger partial charge in [-0.3, -0.25) is 14.4 Å². The molecule has 94 valence electrons. The van der Waals surface area contributed by atoms with Gasteiger partial charge in [0.2, 0.25) is 0 Å². The third kappa shape index (κ3) is 2.61. The van der Waals surface area contributed by atoms with Gasteiger partial charge in [0, 0.05) is 23.3 Å². The van der Waals surface area contributed by atoms with Crippen molar-refractivity contribution in [3.05, 3.63) is 35.4 Å². The molecule has 4 nitrogen and oxygen atoms in total. The molecule has 1 unspecified atom stereocenters. The van der Waals surface area contributed by atoms with Crippen LogP contribution in [0.25, 0.3) is 0 Å². The molecule has 5 heteroatoms. The second-order valence-electron chi connectivity index (χ2n) is 4.04. The van der Waals surface area contributed by atoms with Crippen molar-refractivity contribution >= 4 is 29.3 Å². The van der Waals surface area contributed by atoms with Crippen LogP contribution >= 0.6 is 11.8 Å². The number of benzene rings is 1. The quantitative estimate of drug-likeness (QED) is 0.901. The Morgan fingerprint density at radius 2 is 1.94 bits per heavy atom. The molecule has 1 aromatic rings. The Labute approximate surface area is 108 Å². The number of carbonyl (C=O) groups is 3. The highest BCUT2D eigenvalue weighted by Crippen LogP contribution is 2.29. The molecular weight excluding hydrogens is 252 g/mol. The smallest absolute Gasteiger partial charge is 0.304 e. The molecule has 1 aliphatic carbocycles. The molecule has 18 heavy (non-hydrogen) atoms. The number of ketones is 2. The molecule has 0 fully saturated rings. The minimum Gasteiger partial charge on any atom is -0.481 e. The van der Waals surface area contributed by atoms with Crippen LogP contribution in [-0.2, 0) is 4.79 Å². The van der Waals surface area contributed by atoms with Gasteiger partial charge in [-0.15, -0.1) is 11.8 Å². The Kier molecular flexibility index (Phi) is 3.81. The summed E-state index contributed by atoms with van der Waals surface area (Å²) in [5, 5.41) is 8.12. The second kappa shape index (κ2) is 5.35. The van der Waals surface area contributed by atoms with Gasteiger partial charge in [-0.05, 0) is 0 Å². The average molecular weight is 264 g/mol. The van der Waals surface area contributed by atoms with Gasteiger partial charge in [-0.25, -0.2) is 0 Å². The molecule has 2 rings (SSSR count). The third-order valence-electron chi connectivity index (χ3n) is 2.79. The highest BCUT2D eigenvalue weighted by Gasteiger charge is 2.32. The van der Waals surface area contributed by atoms with E-state index in [0.717, 1.165) is 0 Å². The molecule has 0 saturated heterocycles. The van der Waals surface area contributed by atoms with Crippen molar-refractivity contribution in [1.82, 2.24) is 0 Å². The summed E-state index contributed by atoms with van der Waals surface area (Å²) in [5.74, 6) is -0.655. The van der Waals surface area contributed by atoms with Gasteiger partial charge in [0.1, 0.15) is 0 Å². The molecule has 1 atom stereocenters. The average Bonchev–Trinajstić information content (AvgIpc) is 2.35. The first-order valence-corrected chi connectivity index (χ1v) is 6.64. The molecule has 0 amide bonds. The largest absolute Gasteiger partial charge is 0.481 e. The number of aliphatic carboxylic acids is 1. The van der Waals surface area contributed by atoms with E-state index in [1.54, 1.807) is 24.3 Å². The van der Waals surface area contributed by atoms with Crippen LogP contribution < -0.4 is 0 Å². The van der Waals surface area contributed by atoms with E-state index in [4.69, 9.17) is 5.11 Å². The summed E-state index contributed by atoms with van der Waals surface area (Å²) >= 11 is 1.25. The summed E-state index contributed by atoms with van der Waals surface area (Å²) in [6, 6.07) is 6.78. The van der Waals surface area contributed by atoms with E-state index in [9.17, 15) is 14.4 Å². The lowest BCUT2D eigenvalue weighted by molar-refractivity contribution is -0.136. The van der Waals surface area contributed by atoms with Crippen LogP contribution in [-0.4, -0.2) is 33.6 Å². The lowest BCUT2D eigenvalue weighted by Crippen LogP contribution is -2.29. The van der Waals surface area contributed by atoms with Crippen molar-refractivity contribution < 1.29 is 19.5 Å². The van der Waals surface area contributed by atoms with E-state index >= 15 is 0 Å². The first kappa shape index (κ1) is 12.8. The van der Waals surface area contributed by atoms with Gasteiger partial charge in [0.05, 0.1) is 11.7 Å². The lowest BCUT2D eigenvalue weighted by Gasteiger charge is -2.21. The van der Waals surface area contributed by atoms with E-state index in [-0.39, 0.29) is 24.4 Å². The van der Waals surface area contributed by atoms with Crippen molar-refractivity contribution in [3.8, 4) is 0 Å². The van der Waals surface area contributed by atoms with Crippen molar-refractivity contribution in [2.45, 2.75) is 18.1 Å². The monoisotopic (exact) mass is 264 g/mol. The Balaban J connectivity index is 2.11. The summed E-state index contributed by atoms with van der Waals surface area (Å²) in [5.41, 5.74) is 0.944. The second-order valence-corrected chi connectivity index (χ2v) is 5.35. The topological polar surface area (TPSA) is 71.4 Å². The zero-order valence-corrected chi connectivity index (χ0v) is 10.4. The molecule has 0 radical (unpaired) electrons. The molecule has 0 aliphatic heterocycles. The minimum atomic E-state index is -0.891. The summed E-state index contributed by atoms with van der Waals surface area (Å²) in [4.78, 5) is 34.4. The molecule has 0 saturated carbocycles. The van der Waals surface area contributed by atoms with E-state index in [2.05, 4.69) is 0 Å². The number of hydrogen-bond acceptors (Lipinski definition) is 4. The summed E-state index contributed by atoms with van der Waals surface area (Å²) in [6.07, 6.45) is 0.171.